The van der Waals surface area contributed by atoms with Gasteiger partial charge < -0.3 is 5.32 Å². The van der Waals surface area contributed by atoms with Crippen molar-refractivity contribution in [1.82, 2.24) is 10.3 Å². The lowest BCUT2D eigenvalue weighted by Gasteiger charge is -2.24. The third-order valence-electron chi connectivity index (χ3n) is 3.29. The first-order chi connectivity index (χ1) is 9.50. The normalized spacial score (nSPS) is 11.6. The standard InChI is InChI=1S/C16H20N2OS/c1-4-16(2,3)18-14(19)11-20-15-10-9-12-7-5-6-8-13(12)17-15/h5-10H,4,11H2,1-3H3,(H,18,19). The highest BCUT2D eigenvalue weighted by atomic mass is 32.2. The van der Waals surface area contributed by atoms with Crippen LogP contribution in [0.5, 0.6) is 0 Å². The number of aromatic nitrogens is 1. The van der Waals surface area contributed by atoms with E-state index in [1.54, 1.807) is 0 Å². The van der Waals surface area contributed by atoms with Crippen LogP contribution in [0.4, 0.5) is 0 Å². The molecular formula is C16H20N2OS. The molecule has 106 valence electrons. The zero-order chi connectivity index (χ0) is 14.6. The quantitative estimate of drug-likeness (QED) is 0.854. The molecule has 0 aliphatic carbocycles. The van der Waals surface area contributed by atoms with Gasteiger partial charge in [-0.1, -0.05) is 43.0 Å². The molecule has 4 heteroatoms. The molecule has 0 spiro atoms. The fraction of sp³-hybridized carbons (Fsp3) is 0.375. The Morgan fingerprint density at radius 1 is 1.25 bits per heavy atom. The maximum absolute atomic E-state index is 11.9. The Hall–Kier alpha value is -1.55. The molecule has 20 heavy (non-hydrogen) atoms. The van der Waals surface area contributed by atoms with Gasteiger partial charge in [0.15, 0.2) is 0 Å². The number of hydrogen-bond donors (Lipinski definition) is 1. The minimum atomic E-state index is -0.144. The third-order valence-corrected chi connectivity index (χ3v) is 4.22. The Morgan fingerprint density at radius 3 is 2.75 bits per heavy atom. The Balaban J connectivity index is 1.97. The van der Waals surface area contributed by atoms with Crippen molar-refractivity contribution in [1.29, 1.82) is 0 Å². The Morgan fingerprint density at radius 2 is 2.00 bits per heavy atom. The predicted molar refractivity (Wildman–Crippen MR) is 85.0 cm³/mol. The van der Waals surface area contributed by atoms with Crippen molar-refractivity contribution in [2.45, 2.75) is 37.8 Å². The van der Waals surface area contributed by atoms with Crippen LogP contribution in [0.3, 0.4) is 0 Å². The Kier molecular flexibility index (Phi) is 4.65. The van der Waals surface area contributed by atoms with Crippen molar-refractivity contribution in [3.8, 4) is 0 Å². The van der Waals surface area contributed by atoms with E-state index < -0.39 is 0 Å². The molecule has 1 heterocycles. The molecule has 0 aliphatic heterocycles. The zero-order valence-corrected chi connectivity index (χ0v) is 13.0. The lowest BCUT2D eigenvalue weighted by molar-refractivity contribution is -0.120. The SMILES string of the molecule is CCC(C)(C)NC(=O)CSc1ccc2ccccc2n1. The van der Waals surface area contributed by atoms with Gasteiger partial charge in [-0.2, -0.15) is 0 Å². The fourth-order valence-corrected chi connectivity index (χ4v) is 2.45. The van der Waals surface area contributed by atoms with Gasteiger partial charge in [0.2, 0.25) is 5.91 Å². The molecule has 0 unspecified atom stereocenters. The van der Waals surface area contributed by atoms with Gasteiger partial charge in [-0.3, -0.25) is 4.79 Å². The van der Waals surface area contributed by atoms with Crippen molar-refractivity contribution in [3.63, 3.8) is 0 Å². The maximum Gasteiger partial charge on any atom is 0.230 e. The van der Waals surface area contributed by atoms with Crippen LogP contribution in [-0.2, 0) is 4.79 Å². The van der Waals surface area contributed by atoms with Crippen LogP contribution >= 0.6 is 11.8 Å². The van der Waals surface area contributed by atoms with Crippen LogP contribution in [0.15, 0.2) is 41.4 Å². The minimum absolute atomic E-state index is 0.0526. The molecule has 1 aromatic carbocycles. The lowest BCUT2D eigenvalue weighted by atomic mass is 10.0. The van der Waals surface area contributed by atoms with E-state index in [2.05, 4.69) is 17.2 Å². The third kappa shape index (κ3) is 3.97. The number of hydrogen-bond acceptors (Lipinski definition) is 3. The van der Waals surface area contributed by atoms with Crippen LogP contribution in [0.2, 0.25) is 0 Å². The summed E-state index contributed by atoms with van der Waals surface area (Å²) in [6.45, 7) is 6.13. The van der Waals surface area contributed by atoms with Gasteiger partial charge in [0, 0.05) is 10.9 Å². The predicted octanol–water partition coefficient (Wildman–Crippen LogP) is 3.63. The summed E-state index contributed by atoms with van der Waals surface area (Å²) in [5.41, 5.74) is 0.820. The number of amides is 1. The van der Waals surface area contributed by atoms with E-state index in [1.165, 1.54) is 11.8 Å². The highest BCUT2D eigenvalue weighted by molar-refractivity contribution is 7.99. The van der Waals surface area contributed by atoms with Gasteiger partial charge in [0.1, 0.15) is 0 Å². The molecule has 2 aromatic rings. The van der Waals surface area contributed by atoms with E-state index in [1.807, 2.05) is 50.2 Å². The number of nitrogens with zero attached hydrogens (tertiary/aromatic N) is 1. The van der Waals surface area contributed by atoms with E-state index >= 15 is 0 Å². The molecule has 1 N–H and O–H groups in total. The van der Waals surface area contributed by atoms with Gasteiger partial charge in [-0.05, 0) is 32.4 Å². The number of rotatable bonds is 5. The number of benzene rings is 1. The molecule has 1 aromatic heterocycles. The second-order valence-corrected chi connectivity index (χ2v) is 6.41. The number of nitrogens with one attached hydrogen (secondary N) is 1. The van der Waals surface area contributed by atoms with E-state index in [-0.39, 0.29) is 11.4 Å². The molecule has 0 fully saturated rings. The molecule has 0 atom stereocenters. The van der Waals surface area contributed by atoms with Gasteiger partial charge in [-0.25, -0.2) is 4.98 Å². The van der Waals surface area contributed by atoms with Gasteiger partial charge in [0.25, 0.3) is 0 Å². The zero-order valence-electron chi connectivity index (χ0n) is 12.1. The summed E-state index contributed by atoms with van der Waals surface area (Å²) in [6, 6.07) is 12.0. The number of carbonyl (C=O) groups is 1. The van der Waals surface area contributed by atoms with Gasteiger partial charge in [0.05, 0.1) is 16.3 Å². The summed E-state index contributed by atoms with van der Waals surface area (Å²) in [5.74, 6) is 0.450. The van der Waals surface area contributed by atoms with Crippen molar-refractivity contribution < 1.29 is 4.79 Å². The number of thioether (sulfide) groups is 1. The number of para-hydroxylation sites is 1. The van der Waals surface area contributed by atoms with Crippen molar-refractivity contribution in [2.75, 3.05) is 5.75 Å². The number of pyridine rings is 1. The van der Waals surface area contributed by atoms with E-state index in [0.29, 0.717) is 5.75 Å². The van der Waals surface area contributed by atoms with Crippen LogP contribution in [0.1, 0.15) is 27.2 Å². The van der Waals surface area contributed by atoms with Crippen LogP contribution in [-0.4, -0.2) is 22.2 Å². The van der Waals surface area contributed by atoms with Gasteiger partial charge >= 0.3 is 0 Å². The smallest absolute Gasteiger partial charge is 0.230 e. The van der Waals surface area contributed by atoms with Crippen LogP contribution < -0.4 is 5.32 Å². The number of fused-ring (bicyclic) bond motifs is 1. The average molecular weight is 288 g/mol. The summed E-state index contributed by atoms with van der Waals surface area (Å²) in [4.78, 5) is 16.4. The average Bonchev–Trinajstić information content (AvgIpc) is 2.44. The molecule has 0 radical (unpaired) electrons. The summed E-state index contributed by atoms with van der Waals surface area (Å²) >= 11 is 1.47. The monoisotopic (exact) mass is 288 g/mol. The first-order valence-electron chi connectivity index (χ1n) is 6.80. The van der Waals surface area contributed by atoms with Crippen molar-refractivity contribution in [2.24, 2.45) is 0 Å². The molecule has 0 aliphatic rings. The number of carbonyl (C=O) groups excluding carboxylic acids is 1. The molecule has 0 saturated carbocycles. The maximum atomic E-state index is 11.9. The summed E-state index contributed by atoms with van der Waals surface area (Å²) < 4.78 is 0. The molecule has 2 rings (SSSR count). The lowest BCUT2D eigenvalue weighted by Crippen LogP contribution is -2.43. The molecular weight excluding hydrogens is 268 g/mol. The second kappa shape index (κ2) is 6.27. The molecule has 3 nitrogen and oxygen atoms in total. The molecule has 0 bridgehead atoms. The van der Waals surface area contributed by atoms with Crippen LogP contribution in [0.25, 0.3) is 10.9 Å². The van der Waals surface area contributed by atoms with E-state index in [9.17, 15) is 4.79 Å². The summed E-state index contributed by atoms with van der Waals surface area (Å²) in [6.07, 6.45) is 0.914. The first kappa shape index (κ1) is 14.9. The highest BCUT2D eigenvalue weighted by Gasteiger charge is 2.17. The minimum Gasteiger partial charge on any atom is -0.351 e. The topological polar surface area (TPSA) is 42.0 Å². The van der Waals surface area contributed by atoms with Gasteiger partial charge in [-0.15, -0.1) is 0 Å². The fourth-order valence-electron chi connectivity index (χ4n) is 1.77. The largest absolute Gasteiger partial charge is 0.351 e. The van der Waals surface area contributed by atoms with Crippen LogP contribution in [0, 0.1) is 0 Å². The Bertz CT molecular complexity index is 610. The highest BCUT2D eigenvalue weighted by Crippen LogP contribution is 2.20. The molecule has 1 amide bonds. The molecule has 0 saturated heterocycles. The Labute approximate surface area is 124 Å². The second-order valence-electron chi connectivity index (χ2n) is 5.42. The summed E-state index contributed by atoms with van der Waals surface area (Å²) in [7, 11) is 0. The van der Waals surface area contributed by atoms with Crippen molar-refractivity contribution in [3.05, 3.63) is 36.4 Å². The first-order valence-corrected chi connectivity index (χ1v) is 7.78. The van der Waals surface area contributed by atoms with E-state index in [4.69, 9.17) is 0 Å². The van der Waals surface area contributed by atoms with E-state index in [0.717, 1.165) is 22.3 Å². The van der Waals surface area contributed by atoms with Crippen molar-refractivity contribution >= 4 is 28.6 Å². The summed E-state index contributed by atoms with van der Waals surface area (Å²) in [5, 5.41) is 5.03.